The van der Waals surface area contributed by atoms with Crippen molar-refractivity contribution in [3.05, 3.63) is 22.8 Å². The Hall–Kier alpha value is -1.59. The van der Waals surface area contributed by atoms with Gasteiger partial charge in [-0.25, -0.2) is 4.79 Å². The Labute approximate surface area is 94.3 Å². The molecule has 6 nitrogen and oxygen atoms in total. The molecule has 0 aromatic rings. The fourth-order valence-electron chi connectivity index (χ4n) is 1.40. The van der Waals surface area contributed by atoms with E-state index in [1.54, 1.807) is 0 Å². The van der Waals surface area contributed by atoms with Crippen LogP contribution >= 0.6 is 0 Å². The van der Waals surface area contributed by atoms with Crippen molar-refractivity contribution < 1.29 is 19.5 Å². The van der Waals surface area contributed by atoms with Crippen molar-refractivity contribution >= 4 is 5.97 Å². The van der Waals surface area contributed by atoms with Crippen LogP contribution in [0, 0.1) is 10.1 Å². The zero-order valence-electron chi connectivity index (χ0n) is 9.39. The summed E-state index contributed by atoms with van der Waals surface area (Å²) in [5.41, 5.74) is 0. The van der Waals surface area contributed by atoms with Crippen molar-refractivity contribution in [2.75, 3.05) is 7.11 Å². The third kappa shape index (κ3) is 7.78. The van der Waals surface area contributed by atoms with Gasteiger partial charge in [0.2, 0.25) is 0 Å². The van der Waals surface area contributed by atoms with Gasteiger partial charge in [0.1, 0.15) is 6.10 Å². The van der Waals surface area contributed by atoms with Gasteiger partial charge in [0.25, 0.3) is 5.09 Å². The maximum atomic E-state index is 10.7. The van der Waals surface area contributed by atoms with E-state index >= 15 is 0 Å². The van der Waals surface area contributed by atoms with Gasteiger partial charge in [0.05, 0.1) is 7.11 Å². The summed E-state index contributed by atoms with van der Waals surface area (Å²) in [5.74, 6) is -0.281. The summed E-state index contributed by atoms with van der Waals surface area (Å²) >= 11 is 0. The molecule has 0 saturated heterocycles. The number of hydrogen-bond acceptors (Lipinski definition) is 5. The van der Waals surface area contributed by atoms with E-state index < -0.39 is 5.09 Å². The Morgan fingerprint density at radius 3 is 2.31 bits per heavy atom. The first-order valence-corrected chi connectivity index (χ1v) is 5.11. The SMILES string of the molecule is C=CC(=O)OC1CCCCC1.CO[N+](=O)[O-]. The summed E-state index contributed by atoms with van der Waals surface area (Å²) in [6.07, 6.45) is 7.11. The molecule has 92 valence electrons. The monoisotopic (exact) mass is 231 g/mol. The fourth-order valence-corrected chi connectivity index (χ4v) is 1.40. The lowest BCUT2D eigenvalue weighted by atomic mass is 9.98. The maximum Gasteiger partial charge on any atom is 0.330 e. The third-order valence-corrected chi connectivity index (χ3v) is 2.15. The van der Waals surface area contributed by atoms with Crippen molar-refractivity contribution in [1.29, 1.82) is 0 Å². The van der Waals surface area contributed by atoms with Gasteiger partial charge in [-0.2, -0.15) is 0 Å². The van der Waals surface area contributed by atoms with E-state index in [0.717, 1.165) is 20.0 Å². The lowest BCUT2D eigenvalue weighted by Crippen LogP contribution is -2.19. The molecule has 0 unspecified atom stereocenters. The molecule has 16 heavy (non-hydrogen) atoms. The highest BCUT2D eigenvalue weighted by Crippen LogP contribution is 2.20. The molecule has 0 N–H and O–H groups in total. The summed E-state index contributed by atoms with van der Waals surface area (Å²) in [6.45, 7) is 3.35. The van der Waals surface area contributed by atoms with Crippen molar-refractivity contribution in [2.24, 2.45) is 0 Å². The topological polar surface area (TPSA) is 78.7 Å². The first kappa shape index (κ1) is 14.4. The van der Waals surface area contributed by atoms with Gasteiger partial charge < -0.3 is 9.57 Å². The average Bonchev–Trinajstić information content (AvgIpc) is 2.31. The van der Waals surface area contributed by atoms with E-state index in [1.165, 1.54) is 25.3 Å². The summed E-state index contributed by atoms with van der Waals surface area (Å²) in [4.78, 5) is 23.2. The Morgan fingerprint density at radius 2 is 1.94 bits per heavy atom. The zero-order chi connectivity index (χ0) is 12.4. The molecule has 0 aliphatic heterocycles. The number of nitrogens with zero attached hydrogens (tertiary/aromatic N) is 1. The van der Waals surface area contributed by atoms with E-state index in [-0.39, 0.29) is 12.1 Å². The van der Waals surface area contributed by atoms with Gasteiger partial charge >= 0.3 is 5.97 Å². The second kappa shape index (κ2) is 8.70. The Bertz CT molecular complexity index is 235. The lowest BCUT2D eigenvalue weighted by Gasteiger charge is -2.20. The van der Waals surface area contributed by atoms with E-state index in [1.807, 2.05) is 0 Å². The number of carbonyl (C=O) groups is 1. The first-order valence-electron chi connectivity index (χ1n) is 5.11. The second-order valence-electron chi connectivity index (χ2n) is 3.31. The number of carbonyl (C=O) groups excluding carboxylic acids is 1. The largest absolute Gasteiger partial charge is 0.459 e. The molecule has 0 atom stereocenters. The summed E-state index contributed by atoms with van der Waals surface area (Å²) < 4.78 is 5.08. The van der Waals surface area contributed by atoms with Gasteiger partial charge in [-0.3, -0.25) is 0 Å². The van der Waals surface area contributed by atoms with Crippen molar-refractivity contribution in [3.63, 3.8) is 0 Å². The smallest absolute Gasteiger partial charge is 0.330 e. The van der Waals surface area contributed by atoms with Crippen molar-refractivity contribution in [3.8, 4) is 0 Å². The van der Waals surface area contributed by atoms with Crippen LogP contribution in [0.25, 0.3) is 0 Å². The van der Waals surface area contributed by atoms with Gasteiger partial charge in [0, 0.05) is 6.08 Å². The molecular formula is C10H17NO5. The molecule has 6 heteroatoms. The number of ether oxygens (including phenoxy) is 1. The van der Waals surface area contributed by atoms with Crippen molar-refractivity contribution in [1.82, 2.24) is 0 Å². The predicted molar refractivity (Wildman–Crippen MR) is 57.2 cm³/mol. The van der Waals surface area contributed by atoms with Crippen LogP contribution in [-0.2, 0) is 14.4 Å². The van der Waals surface area contributed by atoms with E-state index in [4.69, 9.17) is 14.9 Å². The van der Waals surface area contributed by atoms with E-state index in [9.17, 15) is 4.79 Å². The zero-order valence-corrected chi connectivity index (χ0v) is 9.39. The molecule has 0 spiro atoms. The van der Waals surface area contributed by atoms with Crippen LogP contribution in [0.1, 0.15) is 32.1 Å². The standard InChI is InChI=1S/C9H14O2.CH3NO3/c1-2-9(10)11-8-6-4-3-5-7-8;1-5-2(3)4/h2,8H,1,3-7H2;1H3. The Morgan fingerprint density at radius 1 is 1.44 bits per heavy atom. The lowest BCUT2D eigenvalue weighted by molar-refractivity contribution is -0.749. The average molecular weight is 231 g/mol. The molecule has 1 rings (SSSR count). The minimum Gasteiger partial charge on any atom is -0.459 e. The third-order valence-electron chi connectivity index (χ3n) is 2.15. The summed E-state index contributed by atoms with van der Waals surface area (Å²) in [6, 6.07) is 0. The molecule has 0 aromatic heterocycles. The van der Waals surface area contributed by atoms with Gasteiger partial charge in [-0.05, 0) is 25.7 Å². The van der Waals surface area contributed by atoms with Crippen LogP contribution in [0.4, 0.5) is 0 Å². The molecule has 1 aliphatic rings. The van der Waals surface area contributed by atoms with Crippen molar-refractivity contribution in [2.45, 2.75) is 38.2 Å². The minimum atomic E-state index is -0.875. The van der Waals surface area contributed by atoms with Gasteiger partial charge in [-0.15, -0.1) is 10.1 Å². The van der Waals surface area contributed by atoms with E-state index in [2.05, 4.69) is 11.4 Å². The highest BCUT2D eigenvalue weighted by atomic mass is 16.9. The number of hydrogen-bond donors (Lipinski definition) is 0. The highest BCUT2D eigenvalue weighted by molar-refractivity contribution is 5.81. The molecule has 0 heterocycles. The summed E-state index contributed by atoms with van der Waals surface area (Å²) in [5, 5.41) is 8.08. The van der Waals surface area contributed by atoms with Crippen LogP contribution in [0.2, 0.25) is 0 Å². The van der Waals surface area contributed by atoms with Gasteiger partial charge in [0.15, 0.2) is 0 Å². The second-order valence-corrected chi connectivity index (χ2v) is 3.31. The molecule has 1 aliphatic carbocycles. The molecule has 0 amide bonds. The molecule has 1 saturated carbocycles. The molecular weight excluding hydrogens is 214 g/mol. The van der Waals surface area contributed by atoms with Crippen LogP contribution in [0.15, 0.2) is 12.7 Å². The molecule has 0 bridgehead atoms. The molecule has 0 aromatic carbocycles. The minimum absolute atomic E-state index is 0.161. The molecule has 1 fully saturated rings. The number of rotatable bonds is 3. The van der Waals surface area contributed by atoms with Crippen LogP contribution in [-0.4, -0.2) is 24.3 Å². The van der Waals surface area contributed by atoms with Gasteiger partial charge in [-0.1, -0.05) is 13.0 Å². The van der Waals surface area contributed by atoms with Crippen LogP contribution < -0.4 is 0 Å². The maximum absolute atomic E-state index is 10.7. The quantitative estimate of drug-likeness (QED) is 0.320. The Balaban J connectivity index is 0.000000385. The normalized spacial score (nSPS) is 15.3. The van der Waals surface area contributed by atoms with E-state index in [0.29, 0.717) is 0 Å². The summed E-state index contributed by atoms with van der Waals surface area (Å²) in [7, 11) is 1.00. The van der Waals surface area contributed by atoms with Crippen LogP contribution in [0.5, 0.6) is 0 Å². The van der Waals surface area contributed by atoms with Crippen LogP contribution in [0.3, 0.4) is 0 Å². The highest BCUT2D eigenvalue weighted by Gasteiger charge is 2.15. The first-order chi connectivity index (χ1) is 7.60. The number of esters is 1. The Kier molecular flexibility index (Phi) is 7.83. The molecule has 0 radical (unpaired) electrons. The fraction of sp³-hybridized carbons (Fsp3) is 0.700. The predicted octanol–water partition coefficient (Wildman–Crippen LogP) is 1.87.